The fourth-order valence-electron chi connectivity index (χ4n) is 2.74. The van der Waals surface area contributed by atoms with Gasteiger partial charge >= 0.3 is 0 Å². The Balaban J connectivity index is 2.01. The van der Waals surface area contributed by atoms with Gasteiger partial charge in [0.1, 0.15) is 0 Å². The lowest BCUT2D eigenvalue weighted by atomic mass is 10.0. The number of benzene rings is 1. The van der Waals surface area contributed by atoms with E-state index in [1.807, 2.05) is 42.5 Å². The minimum absolute atomic E-state index is 0.198. The van der Waals surface area contributed by atoms with Gasteiger partial charge in [-0.2, -0.15) is 10.5 Å². The number of furan rings is 1. The lowest BCUT2D eigenvalue weighted by molar-refractivity contribution is 0.0930. The minimum Gasteiger partial charge on any atom is -0.461 e. The molecule has 0 aliphatic heterocycles. The molecule has 3 rings (SSSR count). The minimum atomic E-state index is -1.29. The highest BCUT2D eigenvalue weighted by molar-refractivity contribution is 6.00. The largest absolute Gasteiger partial charge is 0.461 e. The maximum absolute atomic E-state index is 12.4. The zero-order valence-corrected chi connectivity index (χ0v) is 10.5. The van der Waals surface area contributed by atoms with Crippen LogP contribution in [0.1, 0.15) is 22.0 Å². The molecule has 1 aromatic heterocycles. The maximum Gasteiger partial charge on any atom is 0.204 e. The van der Waals surface area contributed by atoms with Gasteiger partial charge in [0.05, 0.1) is 24.3 Å². The fourth-order valence-corrected chi connectivity index (χ4v) is 2.74. The van der Waals surface area contributed by atoms with Crippen LogP contribution in [0, 0.1) is 34.0 Å². The van der Waals surface area contributed by atoms with Crippen LogP contribution in [0.25, 0.3) is 0 Å². The third-order valence-electron chi connectivity index (χ3n) is 3.78. The second kappa shape index (κ2) is 4.36. The molecule has 0 spiro atoms. The third kappa shape index (κ3) is 1.56. The summed E-state index contributed by atoms with van der Waals surface area (Å²) in [6, 6.07) is 16.4. The van der Waals surface area contributed by atoms with Crippen LogP contribution in [0.2, 0.25) is 0 Å². The van der Waals surface area contributed by atoms with Crippen molar-refractivity contribution in [3.8, 4) is 12.1 Å². The van der Waals surface area contributed by atoms with Gasteiger partial charge < -0.3 is 4.42 Å². The molecule has 1 aliphatic carbocycles. The van der Waals surface area contributed by atoms with Crippen molar-refractivity contribution >= 4 is 5.78 Å². The lowest BCUT2D eigenvalue weighted by Gasteiger charge is -1.97. The number of carbonyl (C=O) groups is 1. The van der Waals surface area contributed by atoms with Gasteiger partial charge in [-0.1, -0.05) is 30.3 Å². The molecule has 1 aliphatic rings. The van der Waals surface area contributed by atoms with Crippen molar-refractivity contribution in [1.82, 2.24) is 0 Å². The highest BCUT2D eigenvalue weighted by Gasteiger charge is 2.71. The first-order valence-corrected chi connectivity index (χ1v) is 6.20. The van der Waals surface area contributed by atoms with E-state index in [9.17, 15) is 15.3 Å². The molecule has 96 valence electrons. The Kier molecular flexibility index (Phi) is 2.66. The van der Waals surface area contributed by atoms with Gasteiger partial charge in [-0.15, -0.1) is 0 Å². The summed E-state index contributed by atoms with van der Waals surface area (Å²) in [4.78, 5) is 12.4. The highest BCUT2D eigenvalue weighted by Crippen LogP contribution is 2.65. The van der Waals surface area contributed by atoms with Gasteiger partial charge in [0, 0.05) is 5.92 Å². The van der Waals surface area contributed by atoms with Gasteiger partial charge in [0.2, 0.25) is 5.78 Å². The van der Waals surface area contributed by atoms with Crippen molar-refractivity contribution in [3.05, 3.63) is 60.1 Å². The van der Waals surface area contributed by atoms with Crippen LogP contribution in [-0.4, -0.2) is 5.78 Å². The van der Waals surface area contributed by atoms with E-state index in [0.717, 1.165) is 5.56 Å². The topological polar surface area (TPSA) is 77.8 Å². The number of hydrogen-bond acceptors (Lipinski definition) is 4. The number of nitrogens with zero attached hydrogens (tertiary/aromatic N) is 2. The molecule has 1 fully saturated rings. The third-order valence-corrected chi connectivity index (χ3v) is 3.78. The Labute approximate surface area is 115 Å². The van der Waals surface area contributed by atoms with Crippen molar-refractivity contribution in [2.24, 2.45) is 11.3 Å². The zero-order valence-electron chi connectivity index (χ0n) is 10.5. The molecule has 2 atom stereocenters. The Morgan fingerprint density at radius 1 is 1.10 bits per heavy atom. The van der Waals surface area contributed by atoms with E-state index in [0.29, 0.717) is 0 Å². The van der Waals surface area contributed by atoms with Crippen molar-refractivity contribution in [1.29, 1.82) is 10.5 Å². The van der Waals surface area contributed by atoms with Gasteiger partial charge in [0.15, 0.2) is 11.2 Å². The standard InChI is InChI=1S/C16H10N2O2/c17-9-16(10-18)13(11-5-2-1-3-6-11)14(16)15(19)12-7-4-8-20-12/h1-8,13-14H/t13-,14+/m0/s1. The predicted molar refractivity (Wildman–Crippen MR) is 69.4 cm³/mol. The smallest absolute Gasteiger partial charge is 0.204 e. The summed E-state index contributed by atoms with van der Waals surface area (Å²) in [5.41, 5.74) is -0.453. The average Bonchev–Trinajstić information content (AvgIpc) is 2.86. The summed E-state index contributed by atoms with van der Waals surface area (Å²) >= 11 is 0. The normalized spacial score (nSPS) is 22.5. The lowest BCUT2D eigenvalue weighted by Crippen LogP contribution is -2.07. The molecule has 0 unspecified atom stereocenters. The number of hydrogen-bond donors (Lipinski definition) is 0. The monoisotopic (exact) mass is 262 g/mol. The van der Waals surface area contributed by atoms with Crippen molar-refractivity contribution < 1.29 is 9.21 Å². The van der Waals surface area contributed by atoms with Crippen LogP contribution in [0.15, 0.2) is 53.1 Å². The van der Waals surface area contributed by atoms with Gasteiger partial charge in [-0.3, -0.25) is 4.79 Å². The van der Waals surface area contributed by atoms with E-state index in [2.05, 4.69) is 0 Å². The first-order valence-electron chi connectivity index (χ1n) is 6.20. The molecule has 0 amide bonds. The molecule has 1 heterocycles. The molecule has 0 saturated heterocycles. The van der Waals surface area contributed by atoms with Crippen molar-refractivity contribution in [2.75, 3.05) is 0 Å². The first-order chi connectivity index (χ1) is 9.74. The summed E-state index contributed by atoms with van der Waals surface area (Å²) in [5.74, 6) is -1.14. The Morgan fingerprint density at radius 3 is 2.35 bits per heavy atom. The van der Waals surface area contributed by atoms with E-state index in [4.69, 9.17) is 4.42 Å². The van der Waals surface area contributed by atoms with Gasteiger partial charge in [0.25, 0.3) is 0 Å². The fraction of sp³-hybridized carbons (Fsp3) is 0.188. The second-order valence-corrected chi connectivity index (χ2v) is 4.80. The summed E-state index contributed by atoms with van der Waals surface area (Å²) in [6.45, 7) is 0. The van der Waals surface area contributed by atoms with Crippen molar-refractivity contribution in [2.45, 2.75) is 5.92 Å². The number of ketones is 1. The number of carbonyl (C=O) groups excluding carboxylic acids is 1. The van der Waals surface area contributed by atoms with Crippen LogP contribution in [0.3, 0.4) is 0 Å². The summed E-state index contributed by atoms with van der Waals surface area (Å²) in [5, 5.41) is 18.7. The summed E-state index contributed by atoms with van der Waals surface area (Å²) in [7, 11) is 0. The van der Waals surface area contributed by atoms with Gasteiger partial charge in [-0.25, -0.2) is 0 Å². The summed E-state index contributed by atoms with van der Waals surface area (Å²) in [6.07, 6.45) is 1.41. The highest BCUT2D eigenvalue weighted by atomic mass is 16.3. The molecular weight excluding hydrogens is 252 g/mol. The Hall–Kier alpha value is -2.85. The number of Topliss-reactive ketones (excluding diaryl/α,β-unsaturated/α-hetero) is 1. The Bertz CT molecular complexity index is 706. The van der Waals surface area contributed by atoms with Crippen LogP contribution >= 0.6 is 0 Å². The second-order valence-electron chi connectivity index (χ2n) is 4.80. The van der Waals surface area contributed by atoms with Crippen LogP contribution < -0.4 is 0 Å². The molecule has 4 nitrogen and oxygen atoms in total. The molecule has 0 bridgehead atoms. The predicted octanol–water partition coefficient (Wildman–Crippen LogP) is 2.91. The zero-order chi connectivity index (χ0) is 14.2. The average molecular weight is 262 g/mol. The van der Waals surface area contributed by atoms with E-state index < -0.39 is 17.3 Å². The van der Waals surface area contributed by atoms with Crippen LogP contribution in [-0.2, 0) is 0 Å². The number of rotatable bonds is 3. The molecule has 1 aromatic carbocycles. The van der Waals surface area contributed by atoms with E-state index in [-0.39, 0.29) is 11.5 Å². The van der Waals surface area contributed by atoms with Crippen molar-refractivity contribution in [3.63, 3.8) is 0 Å². The van der Waals surface area contributed by atoms with E-state index in [1.165, 1.54) is 6.26 Å². The van der Waals surface area contributed by atoms with Crippen LogP contribution in [0.4, 0.5) is 0 Å². The molecule has 4 heteroatoms. The molecule has 20 heavy (non-hydrogen) atoms. The first kappa shape index (κ1) is 12.2. The molecule has 2 aromatic rings. The molecule has 0 radical (unpaired) electrons. The molecule has 1 saturated carbocycles. The molecular formula is C16H10N2O2. The van der Waals surface area contributed by atoms with E-state index >= 15 is 0 Å². The molecule has 0 N–H and O–H groups in total. The van der Waals surface area contributed by atoms with Crippen LogP contribution in [0.5, 0.6) is 0 Å². The summed E-state index contributed by atoms with van der Waals surface area (Å²) < 4.78 is 5.09. The maximum atomic E-state index is 12.4. The Morgan fingerprint density at radius 2 is 1.80 bits per heavy atom. The van der Waals surface area contributed by atoms with Gasteiger partial charge in [-0.05, 0) is 17.7 Å². The SMILES string of the molecule is N#CC1(C#N)[C@@H](C(=O)c2ccco2)[C@@H]1c1ccccc1. The van der Waals surface area contributed by atoms with E-state index in [1.54, 1.807) is 12.1 Å². The number of nitriles is 2. The quantitative estimate of drug-likeness (QED) is 0.797.